The zero-order valence-corrected chi connectivity index (χ0v) is 17.9. The number of pyridine rings is 1. The molecule has 2 aliphatic rings. The Kier molecular flexibility index (Phi) is 5.98. The maximum Gasteiger partial charge on any atom is 0.321 e. The van der Waals surface area contributed by atoms with E-state index in [0.717, 1.165) is 4.47 Å². The van der Waals surface area contributed by atoms with Crippen LogP contribution in [0.25, 0.3) is 0 Å². The Morgan fingerprint density at radius 1 is 1.13 bits per heavy atom. The predicted molar refractivity (Wildman–Crippen MR) is 116 cm³/mol. The summed E-state index contributed by atoms with van der Waals surface area (Å²) in [7, 11) is 0. The minimum absolute atomic E-state index is 0.0704. The number of amides is 4. The monoisotopic (exact) mass is 471 g/mol. The van der Waals surface area contributed by atoms with Crippen LogP contribution in [-0.2, 0) is 4.79 Å². The van der Waals surface area contributed by atoms with Crippen molar-refractivity contribution in [3.8, 4) is 0 Å². The molecule has 2 saturated heterocycles. The average molecular weight is 472 g/mol. The van der Waals surface area contributed by atoms with E-state index in [0.29, 0.717) is 56.1 Å². The van der Waals surface area contributed by atoms with Crippen LogP contribution in [0.1, 0.15) is 23.2 Å². The first-order valence-corrected chi connectivity index (χ1v) is 10.7. The number of nitrogens with one attached hydrogen (secondary N) is 2. The lowest BCUT2D eigenvalue weighted by Gasteiger charge is -2.31. The molecule has 3 heterocycles. The number of carbonyl (C=O) groups excluding carboxylic acids is 3. The van der Waals surface area contributed by atoms with E-state index in [2.05, 4.69) is 31.5 Å². The van der Waals surface area contributed by atoms with Crippen molar-refractivity contribution in [1.29, 1.82) is 0 Å². The number of hydrogen-bond acceptors (Lipinski definition) is 4. The Morgan fingerprint density at radius 3 is 2.60 bits per heavy atom. The first-order chi connectivity index (χ1) is 14.5. The van der Waals surface area contributed by atoms with Crippen molar-refractivity contribution in [2.45, 2.75) is 12.8 Å². The quantitative estimate of drug-likeness (QED) is 0.716. The standard InChI is InChI=1S/C21H22BrN5O3/c22-16-4-5-18(24-13-16)25-19(28)14-6-9-26(10-7-14)20(29)15-2-1-3-17(12-15)27-11-8-23-21(27)30/h1-5,12-14H,6-11H2,(H,23,30)(H,24,25,28). The summed E-state index contributed by atoms with van der Waals surface area (Å²) in [5.74, 6) is 0.215. The molecule has 0 spiro atoms. The van der Waals surface area contributed by atoms with Crippen LogP contribution in [0.15, 0.2) is 47.1 Å². The molecule has 0 unspecified atom stereocenters. The van der Waals surface area contributed by atoms with Crippen LogP contribution >= 0.6 is 15.9 Å². The number of urea groups is 1. The zero-order chi connectivity index (χ0) is 21.1. The maximum absolute atomic E-state index is 12.9. The Hall–Kier alpha value is -2.94. The van der Waals surface area contributed by atoms with Gasteiger partial charge in [-0.25, -0.2) is 9.78 Å². The van der Waals surface area contributed by atoms with Crippen LogP contribution in [0.4, 0.5) is 16.3 Å². The fraction of sp³-hybridized carbons (Fsp3) is 0.333. The van der Waals surface area contributed by atoms with Gasteiger partial charge in [0.1, 0.15) is 5.82 Å². The van der Waals surface area contributed by atoms with Crippen molar-refractivity contribution in [1.82, 2.24) is 15.2 Å². The molecule has 2 N–H and O–H groups in total. The summed E-state index contributed by atoms with van der Waals surface area (Å²) in [6.45, 7) is 2.21. The first kappa shape index (κ1) is 20.3. The molecule has 0 saturated carbocycles. The van der Waals surface area contributed by atoms with Gasteiger partial charge in [-0.1, -0.05) is 6.07 Å². The van der Waals surface area contributed by atoms with Crippen LogP contribution in [0.2, 0.25) is 0 Å². The summed E-state index contributed by atoms with van der Waals surface area (Å²) >= 11 is 3.32. The highest BCUT2D eigenvalue weighted by Crippen LogP contribution is 2.23. The summed E-state index contributed by atoms with van der Waals surface area (Å²) in [4.78, 5) is 44.9. The second-order valence-electron chi connectivity index (χ2n) is 7.35. The fourth-order valence-corrected chi connectivity index (χ4v) is 3.96. The van der Waals surface area contributed by atoms with Crippen LogP contribution < -0.4 is 15.5 Å². The van der Waals surface area contributed by atoms with Crippen molar-refractivity contribution in [3.63, 3.8) is 0 Å². The third-order valence-electron chi connectivity index (χ3n) is 5.39. The lowest BCUT2D eigenvalue weighted by molar-refractivity contribution is -0.121. The largest absolute Gasteiger partial charge is 0.339 e. The summed E-state index contributed by atoms with van der Waals surface area (Å²) in [5.41, 5.74) is 1.27. The zero-order valence-electron chi connectivity index (χ0n) is 16.3. The molecule has 0 radical (unpaired) electrons. The number of hydrogen-bond donors (Lipinski definition) is 2. The number of anilines is 2. The van der Waals surface area contributed by atoms with Gasteiger partial charge in [0.2, 0.25) is 5.91 Å². The van der Waals surface area contributed by atoms with Gasteiger partial charge in [0, 0.05) is 54.0 Å². The molecular weight excluding hydrogens is 450 g/mol. The number of carbonyl (C=O) groups is 3. The number of likely N-dealkylation sites (tertiary alicyclic amines) is 1. The lowest BCUT2D eigenvalue weighted by Crippen LogP contribution is -2.41. The maximum atomic E-state index is 12.9. The van der Waals surface area contributed by atoms with Crippen molar-refractivity contribution < 1.29 is 14.4 Å². The molecule has 30 heavy (non-hydrogen) atoms. The van der Waals surface area contributed by atoms with Gasteiger partial charge < -0.3 is 15.5 Å². The van der Waals surface area contributed by atoms with E-state index < -0.39 is 0 Å². The van der Waals surface area contributed by atoms with Gasteiger partial charge in [0.05, 0.1) is 0 Å². The minimum atomic E-state index is -0.154. The molecule has 2 fully saturated rings. The number of benzene rings is 1. The van der Waals surface area contributed by atoms with Crippen LogP contribution in [0, 0.1) is 5.92 Å². The Morgan fingerprint density at radius 2 is 1.93 bits per heavy atom. The molecule has 4 amide bonds. The van der Waals surface area contributed by atoms with Crippen LogP contribution in [-0.4, -0.2) is 53.9 Å². The summed E-state index contributed by atoms with van der Waals surface area (Å²) < 4.78 is 0.849. The second-order valence-corrected chi connectivity index (χ2v) is 8.27. The molecule has 0 atom stereocenters. The number of halogens is 1. The Bertz CT molecular complexity index is 957. The number of nitrogens with zero attached hydrogens (tertiary/aromatic N) is 3. The fourth-order valence-electron chi connectivity index (χ4n) is 3.73. The van der Waals surface area contributed by atoms with E-state index in [-0.39, 0.29) is 23.8 Å². The van der Waals surface area contributed by atoms with Crippen LogP contribution in [0.5, 0.6) is 0 Å². The van der Waals surface area contributed by atoms with E-state index in [4.69, 9.17) is 0 Å². The van der Waals surface area contributed by atoms with Crippen molar-refractivity contribution >= 4 is 45.3 Å². The van der Waals surface area contributed by atoms with Gasteiger partial charge in [-0.2, -0.15) is 0 Å². The normalized spacial score (nSPS) is 17.0. The highest BCUT2D eigenvalue weighted by atomic mass is 79.9. The van der Waals surface area contributed by atoms with Crippen molar-refractivity contribution in [2.24, 2.45) is 5.92 Å². The Labute approximate surface area is 182 Å². The van der Waals surface area contributed by atoms with E-state index in [9.17, 15) is 14.4 Å². The van der Waals surface area contributed by atoms with Crippen molar-refractivity contribution in [2.75, 3.05) is 36.4 Å². The molecule has 9 heteroatoms. The van der Waals surface area contributed by atoms with Gasteiger partial charge in [0.25, 0.3) is 5.91 Å². The third kappa shape index (κ3) is 4.46. The van der Waals surface area contributed by atoms with Crippen molar-refractivity contribution in [3.05, 3.63) is 52.6 Å². The molecule has 2 aliphatic heterocycles. The summed E-state index contributed by atoms with van der Waals surface area (Å²) in [6, 6.07) is 10.6. The smallest absolute Gasteiger partial charge is 0.321 e. The SMILES string of the molecule is O=C(Nc1ccc(Br)cn1)C1CCN(C(=O)c2cccc(N3CCNC3=O)c2)CC1. The number of aromatic nitrogens is 1. The number of piperidine rings is 1. The molecular formula is C21H22BrN5O3. The van der Waals surface area contributed by atoms with Gasteiger partial charge in [0.15, 0.2) is 0 Å². The molecule has 0 bridgehead atoms. The summed E-state index contributed by atoms with van der Waals surface area (Å²) in [5, 5.41) is 5.60. The third-order valence-corrected chi connectivity index (χ3v) is 5.86. The minimum Gasteiger partial charge on any atom is -0.339 e. The number of rotatable bonds is 4. The predicted octanol–water partition coefficient (Wildman–Crippen LogP) is 2.86. The molecule has 8 nitrogen and oxygen atoms in total. The molecule has 156 valence electrons. The first-order valence-electron chi connectivity index (χ1n) is 9.88. The highest BCUT2D eigenvalue weighted by Gasteiger charge is 2.29. The topological polar surface area (TPSA) is 94.6 Å². The van der Waals surface area contributed by atoms with E-state index in [1.807, 2.05) is 12.1 Å². The van der Waals surface area contributed by atoms with Crippen LogP contribution in [0.3, 0.4) is 0 Å². The van der Waals surface area contributed by atoms with Gasteiger partial charge in [-0.15, -0.1) is 0 Å². The summed E-state index contributed by atoms with van der Waals surface area (Å²) in [6.07, 6.45) is 2.83. The van der Waals surface area contributed by atoms with Gasteiger partial charge in [-0.05, 0) is 59.1 Å². The second kappa shape index (κ2) is 8.83. The molecule has 1 aromatic carbocycles. The average Bonchev–Trinajstić information content (AvgIpc) is 3.21. The van der Waals surface area contributed by atoms with E-state index >= 15 is 0 Å². The van der Waals surface area contributed by atoms with Gasteiger partial charge in [-0.3, -0.25) is 14.5 Å². The molecule has 2 aromatic rings. The Balaban J connectivity index is 1.34. The lowest BCUT2D eigenvalue weighted by atomic mass is 9.95. The van der Waals surface area contributed by atoms with E-state index in [1.54, 1.807) is 40.3 Å². The van der Waals surface area contributed by atoms with Gasteiger partial charge >= 0.3 is 6.03 Å². The molecule has 0 aliphatic carbocycles. The van der Waals surface area contributed by atoms with E-state index in [1.165, 1.54) is 0 Å². The molecule has 4 rings (SSSR count). The molecule has 1 aromatic heterocycles. The highest BCUT2D eigenvalue weighted by molar-refractivity contribution is 9.10.